The molecule has 0 unspecified atom stereocenters. The Bertz CT molecular complexity index is 556. The second-order valence-electron chi connectivity index (χ2n) is 3.70. The van der Waals surface area contributed by atoms with Crippen molar-refractivity contribution >= 4 is 11.8 Å². The molecule has 0 aliphatic rings. The highest BCUT2D eigenvalue weighted by molar-refractivity contribution is 5.41. The zero-order chi connectivity index (χ0) is 13.9. The fourth-order valence-corrected chi connectivity index (χ4v) is 1.39. The SMILES string of the molecule is Nc1nc(NCc2ccncc2)cc(C(F)(F)F)n1. The van der Waals surface area contributed by atoms with Gasteiger partial charge in [-0.25, -0.2) is 4.98 Å². The largest absolute Gasteiger partial charge is 0.433 e. The zero-order valence-corrected chi connectivity index (χ0v) is 9.65. The fourth-order valence-electron chi connectivity index (χ4n) is 1.39. The normalized spacial score (nSPS) is 11.3. The van der Waals surface area contributed by atoms with Crippen molar-refractivity contribution in [1.82, 2.24) is 15.0 Å². The van der Waals surface area contributed by atoms with Gasteiger partial charge in [-0.2, -0.15) is 18.2 Å². The van der Waals surface area contributed by atoms with E-state index in [1.54, 1.807) is 24.5 Å². The van der Waals surface area contributed by atoms with Gasteiger partial charge in [-0.1, -0.05) is 0 Å². The van der Waals surface area contributed by atoms with E-state index in [9.17, 15) is 13.2 Å². The smallest absolute Gasteiger partial charge is 0.368 e. The first kappa shape index (κ1) is 13.1. The molecule has 3 N–H and O–H groups in total. The molecule has 0 aliphatic heterocycles. The van der Waals surface area contributed by atoms with Crippen LogP contribution in [0.2, 0.25) is 0 Å². The van der Waals surface area contributed by atoms with Crippen LogP contribution >= 0.6 is 0 Å². The van der Waals surface area contributed by atoms with Crippen LogP contribution in [0.25, 0.3) is 0 Å². The molecule has 100 valence electrons. The number of nitrogens with two attached hydrogens (primary N) is 1. The summed E-state index contributed by atoms with van der Waals surface area (Å²) in [6.07, 6.45) is -1.37. The van der Waals surface area contributed by atoms with Crippen molar-refractivity contribution in [3.63, 3.8) is 0 Å². The number of aromatic nitrogens is 3. The molecular weight excluding hydrogens is 259 g/mol. The molecule has 0 aromatic carbocycles. The summed E-state index contributed by atoms with van der Waals surface area (Å²) in [6.45, 7) is 0.316. The van der Waals surface area contributed by atoms with E-state index >= 15 is 0 Å². The quantitative estimate of drug-likeness (QED) is 0.892. The molecule has 0 radical (unpaired) electrons. The molecular formula is C11H10F3N5. The van der Waals surface area contributed by atoms with Crippen LogP contribution in [0, 0.1) is 0 Å². The van der Waals surface area contributed by atoms with E-state index in [-0.39, 0.29) is 5.82 Å². The number of hydrogen-bond acceptors (Lipinski definition) is 5. The monoisotopic (exact) mass is 269 g/mol. The minimum absolute atomic E-state index is 0.0247. The van der Waals surface area contributed by atoms with Crippen LogP contribution in [0.15, 0.2) is 30.6 Å². The molecule has 0 fully saturated rings. The van der Waals surface area contributed by atoms with Crippen LogP contribution in [0.5, 0.6) is 0 Å². The Labute approximate surface area is 106 Å². The van der Waals surface area contributed by atoms with Gasteiger partial charge < -0.3 is 11.1 Å². The molecule has 2 heterocycles. The molecule has 0 saturated heterocycles. The van der Waals surface area contributed by atoms with Gasteiger partial charge in [0.25, 0.3) is 0 Å². The lowest BCUT2D eigenvalue weighted by Gasteiger charge is -2.10. The molecule has 8 heteroatoms. The van der Waals surface area contributed by atoms with Crippen molar-refractivity contribution in [2.24, 2.45) is 0 Å². The van der Waals surface area contributed by atoms with E-state index < -0.39 is 17.8 Å². The summed E-state index contributed by atoms with van der Waals surface area (Å²) < 4.78 is 37.6. The Morgan fingerprint density at radius 3 is 2.47 bits per heavy atom. The van der Waals surface area contributed by atoms with E-state index in [2.05, 4.69) is 20.3 Å². The number of alkyl halides is 3. The lowest BCUT2D eigenvalue weighted by atomic mass is 10.2. The molecule has 0 atom stereocenters. The summed E-state index contributed by atoms with van der Waals surface area (Å²) in [6, 6.07) is 4.29. The average molecular weight is 269 g/mol. The molecule has 19 heavy (non-hydrogen) atoms. The maximum Gasteiger partial charge on any atom is 0.433 e. The van der Waals surface area contributed by atoms with Gasteiger partial charge in [0.15, 0.2) is 5.69 Å². The highest BCUT2D eigenvalue weighted by atomic mass is 19.4. The molecule has 0 aliphatic carbocycles. The van der Waals surface area contributed by atoms with Crippen LogP contribution in [0.1, 0.15) is 11.3 Å². The lowest BCUT2D eigenvalue weighted by Crippen LogP contribution is -2.13. The molecule has 0 spiro atoms. The molecule has 0 amide bonds. The van der Waals surface area contributed by atoms with Crippen LogP contribution in [0.3, 0.4) is 0 Å². The highest BCUT2D eigenvalue weighted by Gasteiger charge is 2.33. The number of pyridine rings is 1. The van der Waals surface area contributed by atoms with E-state index in [0.717, 1.165) is 11.6 Å². The number of hydrogen-bond donors (Lipinski definition) is 2. The zero-order valence-electron chi connectivity index (χ0n) is 9.65. The van der Waals surface area contributed by atoms with E-state index in [1.807, 2.05) is 0 Å². The standard InChI is InChI=1S/C11H10F3N5/c12-11(13,14)8-5-9(19-10(15)18-8)17-6-7-1-3-16-4-2-7/h1-5H,6H2,(H3,15,17,18,19). The fraction of sp³-hybridized carbons (Fsp3) is 0.182. The summed E-state index contributed by atoms with van der Waals surface area (Å²) in [7, 11) is 0. The number of nitrogens with one attached hydrogen (secondary N) is 1. The predicted molar refractivity (Wildman–Crippen MR) is 63.0 cm³/mol. The third-order valence-corrected chi connectivity index (χ3v) is 2.26. The van der Waals surface area contributed by atoms with E-state index in [1.165, 1.54) is 0 Å². The summed E-state index contributed by atoms with van der Waals surface area (Å²) in [5.41, 5.74) is 5.04. The average Bonchev–Trinajstić information content (AvgIpc) is 2.36. The van der Waals surface area contributed by atoms with Crippen molar-refractivity contribution in [2.45, 2.75) is 12.7 Å². The van der Waals surface area contributed by atoms with Gasteiger partial charge >= 0.3 is 6.18 Å². The lowest BCUT2D eigenvalue weighted by molar-refractivity contribution is -0.141. The Balaban J connectivity index is 2.15. The van der Waals surface area contributed by atoms with Gasteiger partial charge in [0.05, 0.1) is 0 Å². The first-order chi connectivity index (χ1) is 8.95. The molecule has 5 nitrogen and oxygen atoms in total. The van der Waals surface area contributed by atoms with Crippen LogP contribution in [-0.4, -0.2) is 15.0 Å². The molecule has 0 saturated carbocycles. The van der Waals surface area contributed by atoms with Crippen molar-refractivity contribution in [3.05, 3.63) is 41.9 Å². The maximum absolute atomic E-state index is 12.5. The van der Waals surface area contributed by atoms with Gasteiger partial charge in [-0.05, 0) is 17.7 Å². The number of halogens is 3. The maximum atomic E-state index is 12.5. The number of anilines is 2. The Morgan fingerprint density at radius 2 is 1.84 bits per heavy atom. The van der Waals surface area contributed by atoms with Crippen LogP contribution in [-0.2, 0) is 12.7 Å². The summed E-state index contributed by atoms with van der Waals surface area (Å²) in [4.78, 5) is 10.7. The minimum atomic E-state index is -4.55. The number of nitrogen functional groups attached to an aromatic ring is 1. The number of nitrogens with zero attached hydrogens (tertiary/aromatic N) is 3. The minimum Gasteiger partial charge on any atom is -0.368 e. The topological polar surface area (TPSA) is 76.7 Å². The Kier molecular flexibility index (Phi) is 3.50. The predicted octanol–water partition coefficient (Wildman–Crippen LogP) is 2.08. The molecule has 2 rings (SSSR count). The molecule has 0 bridgehead atoms. The van der Waals surface area contributed by atoms with Gasteiger partial charge in [-0.15, -0.1) is 0 Å². The van der Waals surface area contributed by atoms with Crippen LogP contribution < -0.4 is 11.1 Å². The third kappa shape index (κ3) is 3.54. The molecule has 2 aromatic heterocycles. The second kappa shape index (κ2) is 5.09. The Morgan fingerprint density at radius 1 is 1.16 bits per heavy atom. The van der Waals surface area contributed by atoms with Crippen LogP contribution in [0.4, 0.5) is 24.9 Å². The van der Waals surface area contributed by atoms with Gasteiger partial charge in [0, 0.05) is 25.0 Å². The molecule has 2 aromatic rings. The van der Waals surface area contributed by atoms with Crippen molar-refractivity contribution in [3.8, 4) is 0 Å². The van der Waals surface area contributed by atoms with E-state index in [0.29, 0.717) is 6.54 Å². The summed E-state index contributed by atoms with van der Waals surface area (Å²) in [5.74, 6) is -0.399. The highest BCUT2D eigenvalue weighted by Crippen LogP contribution is 2.29. The van der Waals surface area contributed by atoms with Gasteiger partial charge in [0.2, 0.25) is 5.95 Å². The number of rotatable bonds is 3. The summed E-state index contributed by atoms with van der Waals surface area (Å²) in [5, 5.41) is 2.76. The van der Waals surface area contributed by atoms with Crippen molar-refractivity contribution in [2.75, 3.05) is 11.1 Å². The second-order valence-corrected chi connectivity index (χ2v) is 3.70. The first-order valence-corrected chi connectivity index (χ1v) is 5.29. The van der Waals surface area contributed by atoms with Crippen molar-refractivity contribution < 1.29 is 13.2 Å². The summed E-state index contributed by atoms with van der Waals surface area (Å²) >= 11 is 0. The third-order valence-electron chi connectivity index (χ3n) is 2.26. The van der Waals surface area contributed by atoms with E-state index in [4.69, 9.17) is 5.73 Å². The first-order valence-electron chi connectivity index (χ1n) is 5.29. The van der Waals surface area contributed by atoms with Gasteiger partial charge in [0.1, 0.15) is 5.82 Å². The van der Waals surface area contributed by atoms with Gasteiger partial charge in [-0.3, -0.25) is 4.98 Å². The van der Waals surface area contributed by atoms with Crippen molar-refractivity contribution in [1.29, 1.82) is 0 Å². The Hall–Kier alpha value is -2.38.